The quantitative estimate of drug-likeness (QED) is 0.303. The molecule has 0 saturated heterocycles. The molecule has 9 heteroatoms. The van der Waals surface area contributed by atoms with E-state index in [9.17, 15) is 14.9 Å². The van der Waals surface area contributed by atoms with Gasteiger partial charge in [0.1, 0.15) is 5.56 Å². The molecule has 0 aliphatic rings. The molecule has 2 rings (SSSR count). The molecule has 1 aromatic carbocycles. The first kappa shape index (κ1) is 15.4. The number of pyridine rings is 1. The standard InChI is InChI=1S/C13H9ClN4O4/c14-9-1-2-10(11(7-9)18(20)21)13(19)22-17-12(15)8-3-5-16-6-4-8/h1-7H,(H2,15,17). The highest BCUT2D eigenvalue weighted by Gasteiger charge is 2.22. The second-order valence-electron chi connectivity index (χ2n) is 4.01. The van der Waals surface area contributed by atoms with Gasteiger partial charge in [0.25, 0.3) is 5.69 Å². The summed E-state index contributed by atoms with van der Waals surface area (Å²) >= 11 is 5.66. The van der Waals surface area contributed by atoms with Crippen molar-refractivity contribution in [3.8, 4) is 0 Å². The minimum absolute atomic E-state index is 0.0626. The molecule has 22 heavy (non-hydrogen) atoms. The molecule has 0 bridgehead atoms. The van der Waals surface area contributed by atoms with E-state index in [1.807, 2.05) is 0 Å². The number of aromatic nitrogens is 1. The van der Waals surface area contributed by atoms with Crippen molar-refractivity contribution >= 4 is 29.1 Å². The highest BCUT2D eigenvalue weighted by atomic mass is 35.5. The van der Waals surface area contributed by atoms with E-state index in [0.717, 1.165) is 6.07 Å². The Labute approximate surface area is 129 Å². The van der Waals surface area contributed by atoms with Gasteiger partial charge >= 0.3 is 5.97 Å². The first-order valence-corrected chi connectivity index (χ1v) is 6.26. The molecule has 0 radical (unpaired) electrons. The molecule has 0 fully saturated rings. The maximum absolute atomic E-state index is 11.9. The molecule has 2 aromatic rings. The van der Waals surface area contributed by atoms with Gasteiger partial charge in [0.05, 0.1) is 4.92 Å². The Balaban J connectivity index is 2.22. The molecule has 0 saturated carbocycles. The number of nitrogens with zero attached hydrogens (tertiary/aromatic N) is 3. The third-order valence-electron chi connectivity index (χ3n) is 2.58. The maximum atomic E-state index is 11.9. The zero-order valence-electron chi connectivity index (χ0n) is 11.0. The fraction of sp³-hybridized carbons (Fsp3) is 0. The van der Waals surface area contributed by atoms with Crippen molar-refractivity contribution in [3.05, 3.63) is 69.0 Å². The normalized spacial score (nSPS) is 11.0. The van der Waals surface area contributed by atoms with Crippen LogP contribution >= 0.6 is 11.6 Å². The van der Waals surface area contributed by atoms with Crippen LogP contribution in [0.15, 0.2) is 47.9 Å². The van der Waals surface area contributed by atoms with Gasteiger partial charge in [0.15, 0.2) is 5.84 Å². The van der Waals surface area contributed by atoms with Crippen LogP contribution in [0.5, 0.6) is 0 Å². The lowest BCUT2D eigenvalue weighted by Crippen LogP contribution is -2.15. The molecular formula is C13H9ClN4O4. The summed E-state index contributed by atoms with van der Waals surface area (Å²) in [6, 6.07) is 6.70. The first-order valence-electron chi connectivity index (χ1n) is 5.88. The molecule has 112 valence electrons. The molecule has 2 N–H and O–H groups in total. The lowest BCUT2D eigenvalue weighted by atomic mass is 10.2. The predicted octanol–water partition coefficient (Wildman–Crippen LogP) is 2.12. The summed E-state index contributed by atoms with van der Waals surface area (Å²) in [5.41, 5.74) is 5.37. The van der Waals surface area contributed by atoms with E-state index in [0.29, 0.717) is 5.56 Å². The summed E-state index contributed by atoms with van der Waals surface area (Å²) in [5, 5.41) is 14.5. The van der Waals surface area contributed by atoms with Crippen molar-refractivity contribution in [2.75, 3.05) is 0 Å². The second-order valence-corrected chi connectivity index (χ2v) is 4.45. The summed E-state index contributed by atoms with van der Waals surface area (Å²) in [6.45, 7) is 0. The van der Waals surface area contributed by atoms with E-state index in [1.165, 1.54) is 24.5 Å². The van der Waals surface area contributed by atoms with E-state index in [1.54, 1.807) is 12.1 Å². The van der Waals surface area contributed by atoms with Gasteiger partial charge < -0.3 is 10.6 Å². The number of hydrogen-bond acceptors (Lipinski definition) is 6. The highest BCUT2D eigenvalue weighted by Crippen LogP contribution is 2.23. The molecule has 0 spiro atoms. The summed E-state index contributed by atoms with van der Waals surface area (Å²) in [7, 11) is 0. The molecule has 0 aliphatic heterocycles. The smallest absolute Gasteiger partial charge is 0.372 e. The molecule has 8 nitrogen and oxygen atoms in total. The zero-order chi connectivity index (χ0) is 16.1. The van der Waals surface area contributed by atoms with Crippen LogP contribution in [-0.2, 0) is 4.84 Å². The predicted molar refractivity (Wildman–Crippen MR) is 78.5 cm³/mol. The van der Waals surface area contributed by atoms with Crippen molar-refractivity contribution in [2.24, 2.45) is 10.9 Å². The average Bonchev–Trinajstić information content (AvgIpc) is 2.53. The molecule has 1 heterocycles. The Morgan fingerprint density at radius 2 is 2.00 bits per heavy atom. The van der Waals surface area contributed by atoms with Crippen LogP contribution in [0.2, 0.25) is 5.02 Å². The van der Waals surface area contributed by atoms with Gasteiger partial charge in [-0.3, -0.25) is 15.1 Å². The minimum atomic E-state index is -1.01. The van der Waals surface area contributed by atoms with E-state index in [-0.39, 0.29) is 16.4 Å². The lowest BCUT2D eigenvalue weighted by Gasteiger charge is -2.02. The average molecular weight is 321 g/mol. The molecular weight excluding hydrogens is 312 g/mol. The zero-order valence-corrected chi connectivity index (χ0v) is 11.7. The van der Waals surface area contributed by atoms with Gasteiger partial charge in [-0.25, -0.2) is 4.79 Å². The van der Waals surface area contributed by atoms with Crippen LogP contribution in [0.25, 0.3) is 0 Å². The Bertz CT molecular complexity index is 749. The van der Waals surface area contributed by atoms with E-state index in [2.05, 4.69) is 15.0 Å². The summed E-state index contributed by atoms with van der Waals surface area (Å²) < 4.78 is 0. The first-order chi connectivity index (χ1) is 10.5. The van der Waals surface area contributed by atoms with Gasteiger partial charge in [-0.2, -0.15) is 0 Å². The number of nitro benzene ring substituents is 1. The third-order valence-corrected chi connectivity index (χ3v) is 2.81. The SMILES string of the molecule is N/C(=N/OC(=O)c1ccc(Cl)cc1[N+](=O)[O-])c1ccncc1. The van der Waals surface area contributed by atoms with E-state index in [4.69, 9.17) is 17.3 Å². The van der Waals surface area contributed by atoms with Gasteiger partial charge in [-0.15, -0.1) is 0 Å². The molecule has 0 aliphatic carbocycles. The van der Waals surface area contributed by atoms with Crippen molar-refractivity contribution in [1.29, 1.82) is 0 Å². The third kappa shape index (κ3) is 3.55. The molecule has 1 aromatic heterocycles. The summed E-state index contributed by atoms with van der Waals surface area (Å²) in [5.74, 6) is -1.08. The Morgan fingerprint density at radius 3 is 2.64 bits per heavy atom. The monoisotopic (exact) mass is 320 g/mol. The Kier molecular flexibility index (Phi) is 4.64. The number of hydrogen-bond donors (Lipinski definition) is 1. The minimum Gasteiger partial charge on any atom is -0.380 e. The van der Waals surface area contributed by atoms with Crippen molar-refractivity contribution in [3.63, 3.8) is 0 Å². The summed E-state index contributed by atoms with van der Waals surface area (Å²) in [4.78, 5) is 30.5. The number of carbonyl (C=O) groups excluding carboxylic acids is 1. The van der Waals surface area contributed by atoms with Crippen molar-refractivity contribution in [1.82, 2.24) is 4.98 Å². The Hall–Kier alpha value is -3.00. The number of oxime groups is 1. The van der Waals surface area contributed by atoms with Gasteiger partial charge in [-0.1, -0.05) is 16.8 Å². The van der Waals surface area contributed by atoms with Crippen molar-refractivity contribution < 1.29 is 14.6 Å². The number of rotatable bonds is 4. The van der Waals surface area contributed by atoms with Gasteiger partial charge in [-0.05, 0) is 24.3 Å². The topological polar surface area (TPSA) is 121 Å². The lowest BCUT2D eigenvalue weighted by molar-refractivity contribution is -0.385. The number of nitrogens with two attached hydrogens (primary N) is 1. The van der Waals surface area contributed by atoms with Crippen LogP contribution in [0, 0.1) is 10.1 Å². The van der Waals surface area contributed by atoms with E-state index < -0.39 is 16.6 Å². The van der Waals surface area contributed by atoms with Crippen LogP contribution in [0.4, 0.5) is 5.69 Å². The van der Waals surface area contributed by atoms with E-state index >= 15 is 0 Å². The summed E-state index contributed by atoms with van der Waals surface area (Å²) in [6.07, 6.45) is 2.98. The van der Waals surface area contributed by atoms with Crippen LogP contribution < -0.4 is 5.73 Å². The fourth-order valence-corrected chi connectivity index (χ4v) is 1.71. The largest absolute Gasteiger partial charge is 0.380 e. The molecule has 0 unspecified atom stereocenters. The van der Waals surface area contributed by atoms with Crippen LogP contribution in [-0.4, -0.2) is 21.7 Å². The highest BCUT2D eigenvalue weighted by molar-refractivity contribution is 6.31. The number of amidine groups is 1. The van der Waals surface area contributed by atoms with Crippen LogP contribution in [0.3, 0.4) is 0 Å². The fourth-order valence-electron chi connectivity index (χ4n) is 1.54. The molecule has 0 amide bonds. The molecule has 0 atom stereocenters. The number of nitro groups is 1. The van der Waals surface area contributed by atoms with Gasteiger partial charge in [0, 0.05) is 29.0 Å². The van der Waals surface area contributed by atoms with Gasteiger partial charge in [0.2, 0.25) is 0 Å². The Morgan fingerprint density at radius 1 is 1.32 bits per heavy atom. The number of halogens is 1. The van der Waals surface area contributed by atoms with Crippen LogP contribution in [0.1, 0.15) is 15.9 Å². The second kappa shape index (κ2) is 6.64. The maximum Gasteiger partial charge on any atom is 0.372 e. The number of benzene rings is 1. The van der Waals surface area contributed by atoms with Crippen molar-refractivity contribution in [2.45, 2.75) is 0 Å². The number of carbonyl (C=O) groups is 1.